The van der Waals surface area contributed by atoms with E-state index in [2.05, 4.69) is 78.9 Å². The van der Waals surface area contributed by atoms with Crippen LogP contribution < -0.4 is 10.2 Å². The molecule has 0 aliphatic heterocycles. The molecule has 0 aromatic heterocycles. The molecule has 2 aromatic carbocycles. The summed E-state index contributed by atoms with van der Waals surface area (Å²) in [6, 6.07) is 19.2. The van der Waals surface area contributed by atoms with E-state index in [4.69, 9.17) is 0 Å². The third-order valence-corrected chi connectivity index (χ3v) is 3.18. The smallest absolute Gasteiger partial charge is 0.0381 e. The van der Waals surface area contributed by atoms with Gasteiger partial charge in [-0.05, 0) is 36.6 Å². The number of aryl methyl sites for hydroxylation is 1. The molecule has 2 heteroatoms. The number of benzene rings is 2. The van der Waals surface area contributed by atoms with Crippen molar-refractivity contribution >= 4 is 11.4 Å². The summed E-state index contributed by atoms with van der Waals surface area (Å²) in [7, 11) is 4.13. The van der Waals surface area contributed by atoms with E-state index in [0.717, 1.165) is 19.4 Å². The second kappa shape index (κ2) is 6.83. The Labute approximate surface area is 116 Å². The molecule has 0 aliphatic rings. The molecule has 0 unspecified atom stereocenters. The zero-order valence-corrected chi connectivity index (χ0v) is 11.8. The van der Waals surface area contributed by atoms with Gasteiger partial charge in [0.15, 0.2) is 0 Å². The van der Waals surface area contributed by atoms with Gasteiger partial charge in [-0.2, -0.15) is 0 Å². The van der Waals surface area contributed by atoms with E-state index in [1.54, 1.807) is 0 Å². The molecule has 2 rings (SSSR count). The molecule has 0 bridgehead atoms. The van der Waals surface area contributed by atoms with E-state index in [9.17, 15) is 0 Å². The average molecular weight is 254 g/mol. The van der Waals surface area contributed by atoms with Crippen LogP contribution in [0.3, 0.4) is 0 Å². The minimum Gasteiger partial charge on any atom is -0.385 e. The van der Waals surface area contributed by atoms with Crippen LogP contribution in [-0.4, -0.2) is 20.6 Å². The number of hydrogen-bond acceptors (Lipinski definition) is 2. The molecule has 0 spiro atoms. The Bertz CT molecular complexity index is 492. The molecule has 0 amide bonds. The highest BCUT2D eigenvalue weighted by Gasteiger charge is 1.97. The van der Waals surface area contributed by atoms with Gasteiger partial charge in [0.25, 0.3) is 0 Å². The van der Waals surface area contributed by atoms with E-state index in [-0.39, 0.29) is 0 Å². The number of anilines is 2. The highest BCUT2D eigenvalue weighted by molar-refractivity contribution is 5.57. The van der Waals surface area contributed by atoms with E-state index < -0.39 is 0 Å². The molecule has 0 fully saturated rings. The van der Waals surface area contributed by atoms with Crippen LogP contribution >= 0.6 is 0 Å². The summed E-state index contributed by atoms with van der Waals surface area (Å²) in [6.45, 7) is 1.01. The third kappa shape index (κ3) is 4.32. The van der Waals surface area contributed by atoms with Crippen molar-refractivity contribution in [3.63, 3.8) is 0 Å². The van der Waals surface area contributed by atoms with E-state index in [1.807, 2.05) is 0 Å². The molecule has 100 valence electrons. The first kappa shape index (κ1) is 13.5. The van der Waals surface area contributed by atoms with Gasteiger partial charge in [0.1, 0.15) is 0 Å². The largest absolute Gasteiger partial charge is 0.385 e. The van der Waals surface area contributed by atoms with Gasteiger partial charge in [0.2, 0.25) is 0 Å². The summed E-state index contributed by atoms with van der Waals surface area (Å²) >= 11 is 0. The third-order valence-electron chi connectivity index (χ3n) is 3.18. The van der Waals surface area contributed by atoms with Crippen LogP contribution in [-0.2, 0) is 6.42 Å². The minimum atomic E-state index is 1.01. The van der Waals surface area contributed by atoms with Crippen molar-refractivity contribution < 1.29 is 0 Å². The molecule has 2 nitrogen and oxygen atoms in total. The second-order valence-corrected chi connectivity index (χ2v) is 4.96. The maximum atomic E-state index is 3.48. The zero-order valence-electron chi connectivity index (χ0n) is 11.8. The van der Waals surface area contributed by atoms with Gasteiger partial charge in [-0.25, -0.2) is 0 Å². The summed E-state index contributed by atoms with van der Waals surface area (Å²) in [5, 5.41) is 3.48. The van der Waals surface area contributed by atoms with Gasteiger partial charge >= 0.3 is 0 Å². The maximum Gasteiger partial charge on any atom is 0.0381 e. The molecule has 0 aliphatic carbocycles. The van der Waals surface area contributed by atoms with Crippen LogP contribution in [0.4, 0.5) is 11.4 Å². The van der Waals surface area contributed by atoms with Crippen LogP contribution in [0.5, 0.6) is 0 Å². The Hall–Kier alpha value is -1.96. The van der Waals surface area contributed by atoms with Gasteiger partial charge in [0.05, 0.1) is 0 Å². The van der Waals surface area contributed by atoms with Crippen molar-refractivity contribution in [2.75, 3.05) is 30.9 Å². The van der Waals surface area contributed by atoms with Crippen LogP contribution in [0.1, 0.15) is 12.0 Å². The SMILES string of the molecule is CN(C)c1cccc(NCCCc2ccccc2)c1. The Morgan fingerprint density at radius 3 is 2.47 bits per heavy atom. The first-order valence-electron chi connectivity index (χ1n) is 6.81. The highest BCUT2D eigenvalue weighted by Crippen LogP contribution is 2.17. The first-order valence-corrected chi connectivity index (χ1v) is 6.81. The molecule has 19 heavy (non-hydrogen) atoms. The normalized spacial score (nSPS) is 10.2. The summed E-state index contributed by atoms with van der Waals surface area (Å²) in [5.41, 5.74) is 3.83. The lowest BCUT2D eigenvalue weighted by Gasteiger charge is -2.14. The Kier molecular flexibility index (Phi) is 4.85. The lowest BCUT2D eigenvalue weighted by molar-refractivity contribution is 0.863. The van der Waals surface area contributed by atoms with E-state index in [0.29, 0.717) is 0 Å². The fourth-order valence-corrected chi connectivity index (χ4v) is 2.06. The summed E-state index contributed by atoms with van der Waals surface area (Å²) < 4.78 is 0. The topological polar surface area (TPSA) is 15.3 Å². The van der Waals surface area contributed by atoms with E-state index >= 15 is 0 Å². The first-order chi connectivity index (χ1) is 9.25. The molecule has 0 saturated heterocycles. The van der Waals surface area contributed by atoms with Crippen LogP contribution in [0.2, 0.25) is 0 Å². The van der Waals surface area contributed by atoms with Crippen molar-refractivity contribution in [1.29, 1.82) is 0 Å². The maximum absolute atomic E-state index is 3.48. The quantitative estimate of drug-likeness (QED) is 0.789. The van der Waals surface area contributed by atoms with Crippen LogP contribution in [0, 0.1) is 0 Å². The number of nitrogens with zero attached hydrogens (tertiary/aromatic N) is 1. The lowest BCUT2D eigenvalue weighted by atomic mass is 10.1. The van der Waals surface area contributed by atoms with Crippen LogP contribution in [0.25, 0.3) is 0 Å². The molecule has 0 radical (unpaired) electrons. The fourth-order valence-electron chi connectivity index (χ4n) is 2.06. The zero-order chi connectivity index (χ0) is 13.5. The summed E-state index contributed by atoms with van der Waals surface area (Å²) in [5.74, 6) is 0. The Morgan fingerprint density at radius 1 is 0.947 bits per heavy atom. The van der Waals surface area contributed by atoms with Gasteiger partial charge < -0.3 is 10.2 Å². The molecule has 0 atom stereocenters. The van der Waals surface area contributed by atoms with Crippen LogP contribution in [0.15, 0.2) is 54.6 Å². The van der Waals surface area contributed by atoms with Crippen molar-refractivity contribution in [3.05, 3.63) is 60.2 Å². The number of rotatable bonds is 6. The fraction of sp³-hybridized carbons (Fsp3) is 0.294. The standard InChI is InChI=1S/C17H22N2/c1-19(2)17-12-6-11-16(14-17)18-13-7-10-15-8-4-3-5-9-15/h3-6,8-9,11-12,14,18H,7,10,13H2,1-2H3. The predicted octanol–water partition coefficient (Wildman–Crippen LogP) is 3.80. The molecule has 1 N–H and O–H groups in total. The lowest BCUT2D eigenvalue weighted by Crippen LogP contribution is -2.09. The monoisotopic (exact) mass is 254 g/mol. The van der Waals surface area contributed by atoms with Gasteiger partial charge in [-0.3, -0.25) is 0 Å². The Morgan fingerprint density at radius 2 is 1.74 bits per heavy atom. The highest BCUT2D eigenvalue weighted by atomic mass is 15.1. The van der Waals surface area contributed by atoms with Gasteiger partial charge in [-0.15, -0.1) is 0 Å². The van der Waals surface area contributed by atoms with Crippen molar-refractivity contribution in [1.82, 2.24) is 0 Å². The predicted molar refractivity (Wildman–Crippen MR) is 84.0 cm³/mol. The average Bonchev–Trinajstić information content (AvgIpc) is 2.45. The molecular formula is C17H22N2. The number of hydrogen-bond donors (Lipinski definition) is 1. The van der Waals surface area contributed by atoms with Gasteiger partial charge in [0, 0.05) is 32.0 Å². The van der Waals surface area contributed by atoms with Crippen molar-refractivity contribution in [2.45, 2.75) is 12.8 Å². The summed E-state index contributed by atoms with van der Waals surface area (Å²) in [6.07, 6.45) is 2.28. The van der Waals surface area contributed by atoms with E-state index in [1.165, 1.54) is 16.9 Å². The molecular weight excluding hydrogens is 232 g/mol. The molecule has 2 aromatic rings. The number of nitrogens with one attached hydrogen (secondary N) is 1. The van der Waals surface area contributed by atoms with Crippen molar-refractivity contribution in [2.24, 2.45) is 0 Å². The molecule has 0 saturated carbocycles. The minimum absolute atomic E-state index is 1.01. The molecule has 0 heterocycles. The summed E-state index contributed by atoms with van der Waals surface area (Å²) in [4.78, 5) is 2.12. The van der Waals surface area contributed by atoms with Crippen molar-refractivity contribution in [3.8, 4) is 0 Å². The Balaban J connectivity index is 1.78. The second-order valence-electron chi connectivity index (χ2n) is 4.96. The van der Waals surface area contributed by atoms with Gasteiger partial charge in [-0.1, -0.05) is 36.4 Å².